The van der Waals surface area contributed by atoms with Gasteiger partial charge >= 0.3 is 5.76 Å². The van der Waals surface area contributed by atoms with Crippen LogP contribution in [0, 0.1) is 0 Å². The fourth-order valence-electron chi connectivity index (χ4n) is 1.30. The molecular formula is C11H15F2NO2S. The lowest BCUT2D eigenvalue weighted by Crippen LogP contribution is -2.18. The van der Waals surface area contributed by atoms with E-state index in [0.717, 1.165) is 6.42 Å². The van der Waals surface area contributed by atoms with Crippen molar-refractivity contribution in [3.8, 4) is 0 Å². The Labute approximate surface area is 99.8 Å². The normalized spacial score (nSPS) is 13.7. The molecule has 96 valence electrons. The van der Waals surface area contributed by atoms with Crippen LogP contribution in [0.2, 0.25) is 0 Å². The van der Waals surface area contributed by atoms with Crippen molar-refractivity contribution in [2.45, 2.75) is 37.0 Å². The zero-order valence-corrected chi connectivity index (χ0v) is 10.5. The number of sulfone groups is 1. The van der Waals surface area contributed by atoms with E-state index in [-0.39, 0.29) is 16.6 Å². The molecule has 0 amide bonds. The molecule has 1 aromatic carbocycles. The summed E-state index contributed by atoms with van der Waals surface area (Å²) in [7, 11) is -4.56. The van der Waals surface area contributed by atoms with Crippen LogP contribution in [0.15, 0.2) is 29.2 Å². The third-order valence-electron chi connectivity index (χ3n) is 2.44. The van der Waals surface area contributed by atoms with Crippen LogP contribution in [0.4, 0.5) is 14.5 Å². The zero-order chi connectivity index (χ0) is 13.1. The minimum absolute atomic E-state index is 0.0176. The first kappa shape index (κ1) is 13.9. The average molecular weight is 263 g/mol. The third-order valence-corrected chi connectivity index (χ3v) is 3.88. The predicted molar refractivity (Wildman–Crippen MR) is 63.0 cm³/mol. The van der Waals surface area contributed by atoms with Crippen molar-refractivity contribution in [2.75, 3.05) is 5.32 Å². The van der Waals surface area contributed by atoms with E-state index >= 15 is 0 Å². The number of hydrogen-bond acceptors (Lipinski definition) is 3. The lowest BCUT2D eigenvalue weighted by atomic mass is 10.2. The maximum atomic E-state index is 12.5. The number of nitrogens with one attached hydrogen (secondary N) is 1. The van der Waals surface area contributed by atoms with Crippen LogP contribution in [0.5, 0.6) is 0 Å². The number of anilines is 1. The van der Waals surface area contributed by atoms with Gasteiger partial charge in [-0.2, -0.15) is 8.78 Å². The van der Waals surface area contributed by atoms with Crippen molar-refractivity contribution < 1.29 is 17.2 Å². The molecule has 0 aliphatic heterocycles. The standard InChI is InChI=1S/C11H15F2NO2S/c1-3-8(2)14-9-6-4-5-7-10(9)17(15,16)11(12)13/h4-8,11,14H,3H2,1-2H3. The number of benzene rings is 1. The summed E-state index contributed by atoms with van der Waals surface area (Å²) < 4.78 is 47.8. The molecular weight excluding hydrogens is 248 g/mol. The van der Waals surface area contributed by atoms with Crippen LogP contribution in [-0.4, -0.2) is 20.2 Å². The molecule has 0 bridgehead atoms. The summed E-state index contributed by atoms with van der Waals surface area (Å²) in [6.45, 7) is 3.77. The Balaban J connectivity index is 3.17. The van der Waals surface area contributed by atoms with Gasteiger partial charge in [0.05, 0.1) is 10.6 Å². The first-order valence-corrected chi connectivity index (χ1v) is 6.81. The number of rotatable bonds is 5. The number of hydrogen-bond donors (Lipinski definition) is 1. The van der Waals surface area contributed by atoms with E-state index in [2.05, 4.69) is 5.32 Å². The van der Waals surface area contributed by atoms with Gasteiger partial charge in [-0.15, -0.1) is 0 Å². The number of alkyl halides is 2. The quantitative estimate of drug-likeness (QED) is 0.888. The zero-order valence-electron chi connectivity index (χ0n) is 9.65. The van der Waals surface area contributed by atoms with Crippen molar-refractivity contribution >= 4 is 15.5 Å². The summed E-state index contributed by atoms with van der Waals surface area (Å²) in [5, 5.41) is 2.91. The van der Waals surface area contributed by atoms with E-state index in [1.54, 1.807) is 6.07 Å². The molecule has 1 N–H and O–H groups in total. The summed E-state index contributed by atoms with van der Waals surface area (Å²) in [5.41, 5.74) is 0.224. The van der Waals surface area contributed by atoms with Crippen LogP contribution in [0.3, 0.4) is 0 Å². The van der Waals surface area contributed by atoms with Gasteiger partial charge in [0, 0.05) is 6.04 Å². The van der Waals surface area contributed by atoms with E-state index in [0.29, 0.717) is 0 Å². The summed E-state index contributed by atoms with van der Waals surface area (Å²) in [5.74, 6) is -3.40. The Kier molecular flexibility index (Phi) is 4.45. The van der Waals surface area contributed by atoms with Gasteiger partial charge in [-0.1, -0.05) is 19.1 Å². The minimum atomic E-state index is -4.56. The molecule has 0 heterocycles. The summed E-state index contributed by atoms with van der Waals surface area (Å²) in [4.78, 5) is -0.352. The highest BCUT2D eigenvalue weighted by Crippen LogP contribution is 2.26. The van der Waals surface area contributed by atoms with Crippen LogP contribution in [-0.2, 0) is 9.84 Å². The summed E-state index contributed by atoms with van der Waals surface area (Å²) in [6, 6.07) is 5.73. The number of halogens is 2. The Bertz CT molecular complexity index is 474. The Morgan fingerprint density at radius 2 is 1.88 bits per heavy atom. The van der Waals surface area contributed by atoms with E-state index in [9.17, 15) is 17.2 Å². The second-order valence-corrected chi connectivity index (χ2v) is 5.64. The van der Waals surface area contributed by atoms with Crippen molar-refractivity contribution in [2.24, 2.45) is 0 Å². The van der Waals surface area contributed by atoms with Gasteiger partial charge in [-0.3, -0.25) is 0 Å². The second-order valence-electron chi connectivity index (χ2n) is 3.76. The molecule has 6 heteroatoms. The molecule has 1 unspecified atom stereocenters. The fourth-order valence-corrected chi connectivity index (χ4v) is 2.19. The molecule has 0 aliphatic carbocycles. The van der Waals surface area contributed by atoms with Gasteiger partial charge in [-0.25, -0.2) is 8.42 Å². The lowest BCUT2D eigenvalue weighted by molar-refractivity contribution is 0.235. The average Bonchev–Trinajstić information content (AvgIpc) is 2.29. The molecule has 0 fully saturated rings. The summed E-state index contributed by atoms with van der Waals surface area (Å²) in [6.07, 6.45) is 0.767. The second kappa shape index (κ2) is 5.44. The van der Waals surface area contributed by atoms with E-state index < -0.39 is 15.6 Å². The molecule has 0 saturated carbocycles. The molecule has 0 saturated heterocycles. The predicted octanol–water partition coefficient (Wildman–Crippen LogP) is 2.89. The first-order chi connectivity index (χ1) is 7.89. The molecule has 1 rings (SSSR count). The molecule has 3 nitrogen and oxygen atoms in total. The number of para-hydroxylation sites is 1. The molecule has 0 aliphatic rings. The molecule has 1 aromatic rings. The van der Waals surface area contributed by atoms with Gasteiger partial charge in [0.25, 0.3) is 0 Å². The van der Waals surface area contributed by atoms with Gasteiger partial charge < -0.3 is 5.32 Å². The first-order valence-electron chi connectivity index (χ1n) is 5.27. The van der Waals surface area contributed by atoms with Crippen LogP contribution in [0.25, 0.3) is 0 Å². The van der Waals surface area contributed by atoms with Crippen molar-refractivity contribution in [3.63, 3.8) is 0 Å². The van der Waals surface area contributed by atoms with Gasteiger partial charge in [0.15, 0.2) is 0 Å². The smallest absolute Gasteiger partial charge is 0.341 e. The third kappa shape index (κ3) is 3.15. The largest absolute Gasteiger partial charge is 0.382 e. The molecule has 0 spiro atoms. The topological polar surface area (TPSA) is 46.2 Å². The van der Waals surface area contributed by atoms with Gasteiger partial charge in [0.2, 0.25) is 9.84 Å². The molecule has 17 heavy (non-hydrogen) atoms. The Hall–Kier alpha value is -1.17. The maximum absolute atomic E-state index is 12.5. The van der Waals surface area contributed by atoms with Crippen molar-refractivity contribution in [1.82, 2.24) is 0 Å². The molecule has 0 radical (unpaired) electrons. The fraction of sp³-hybridized carbons (Fsp3) is 0.455. The highest BCUT2D eigenvalue weighted by molar-refractivity contribution is 7.91. The van der Waals surface area contributed by atoms with Crippen LogP contribution < -0.4 is 5.32 Å². The van der Waals surface area contributed by atoms with E-state index in [1.807, 2.05) is 13.8 Å². The lowest BCUT2D eigenvalue weighted by Gasteiger charge is -2.16. The minimum Gasteiger partial charge on any atom is -0.382 e. The van der Waals surface area contributed by atoms with E-state index in [1.165, 1.54) is 18.2 Å². The highest BCUT2D eigenvalue weighted by Gasteiger charge is 2.29. The molecule has 1 atom stereocenters. The summed E-state index contributed by atoms with van der Waals surface area (Å²) >= 11 is 0. The van der Waals surface area contributed by atoms with Crippen LogP contribution >= 0.6 is 0 Å². The van der Waals surface area contributed by atoms with Gasteiger partial charge in [0.1, 0.15) is 0 Å². The SMILES string of the molecule is CCC(C)Nc1ccccc1S(=O)(=O)C(F)F. The Morgan fingerprint density at radius 1 is 1.29 bits per heavy atom. The maximum Gasteiger partial charge on any atom is 0.341 e. The van der Waals surface area contributed by atoms with Crippen molar-refractivity contribution in [1.29, 1.82) is 0 Å². The van der Waals surface area contributed by atoms with E-state index in [4.69, 9.17) is 0 Å². The highest BCUT2D eigenvalue weighted by atomic mass is 32.2. The monoisotopic (exact) mass is 263 g/mol. The van der Waals surface area contributed by atoms with Crippen molar-refractivity contribution in [3.05, 3.63) is 24.3 Å². The molecule has 0 aromatic heterocycles. The van der Waals surface area contributed by atoms with Crippen LogP contribution in [0.1, 0.15) is 20.3 Å². The van der Waals surface area contributed by atoms with Gasteiger partial charge in [-0.05, 0) is 25.5 Å². The Morgan fingerprint density at radius 3 is 2.41 bits per heavy atom.